The first-order chi connectivity index (χ1) is 8.19. The van der Waals surface area contributed by atoms with E-state index in [1.165, 1.54) is 0 Å². The minimum atomic E-state index is 0.580. The van der Waals surface area contributed by atoms with Crippen molar-refractivity contribution in [3.8, 4) is 6.07 Å². The summed E-state index contributed by atoms with van der Waals surface area (Å²) in [4.78, 5) is 0. The van der Waals surface area contributed by atoms with Gasteiger partial charge in [0.2, 0.25) is 0 Å². The van der Waals surface area contributed by atoms with E-state index in [1.807, 2.05) is 6.07 Å². The number of nitrogens with one attached hydrogen (secondary N) is 1. The van der Waals surface area contributed by atoms with Gasteiger partial charge in [-0.1, -0.05) is 29.3 Å². The van der Waals surface area contributed by atoms with Crippen molar-refractivity contribution in [2.75, 3.05) is 5.32 Å². The van der Waals surface area contributed by atoms with Gasteiger partial charge in [0.25, 0.3) is 0 Å². The van der Waals surface area contributed by atoms with Gasteiger partial charge in [0, 0.05) is 10.7 Å². The molecule has 0 bridgehead atoms. The molecule has 2 aromatic carbocycles. The fourth-order valence-corrected chi connectivity index (χ4v) is 1.75. The number of rotatable bonds is 2. The van der Waals surface area contributed by atoms with Gasteiger partial charge in [-0.15, -0.1) is 0 Å². The molecule has 17 heavy (non-hydrogen) atoms. The first kappa shape index (κ1) is 11.8. The molecule has 2 rings (SSSR count). The minimum Gasteiger partial charge on any atom is -0.354 e. The highest BCUT2D eigenvalue weighted by Crippen LogP contribution is 2.28. The fourth-order valence-electron chi connectivity index (χ4n) is 1.42. The lowest BCUT2D eigenvalue weighted by Gasteiger charge is -2.08. The molecule has 2 aromatic rings. The fraction of sp³-hybridized carbons (Fsp3) is 0. The zero-order chi connectivity index (χ0) is 12.3. The van der Waals surface area contributed by atoms with Crippen LogP contribution >= 0.6 is 23.2 Å². The molecule has 0 unspecified atom stereocenters. The Morgan fingerprint density at radius 1 is 1.06 bits per heavy atom. The Morgan fingerprint density at radius 3 is 2.65 bits per heavy atom. The van der Waals surface area contributed by atoms with Gasteiger partial charge in [0.05, 0.1) is 22.3 Å². The summed E-state index contributed by atoms with van der Waals surface area (Å²) >= 11 is 11.9. The summed E-state index contributed by atoms with van der Waals surface area (Å²) in [5.41, 5.74) is 2.11. The molecule has 0 amide bonds. The molecule has 84 valence electrons. The van der Waals surface area contributed by atoms with E-state index in [1.54, 1.807) is 36.4 Å². The Balaban J connectivity index is 2.31. The molecule has 0 radical (unpaired) electrons. The van der Waals surface area contributed by atoms with E-state index in [2.05, 4.69) is 11.4 Å². The van der Waals surface area contributed by atoms with Crippen molar-refractivity contribution in [2.24, 2.45) is 0 Å². The third-order valence-electron chi connectivity index (χ3n) is 2.20. The van der Waals surface area contributed by atoms with Crippen LogP contribution in [0.3, 0.4) is 0 Å². The van der Waals surface area contributed by atoms with Crippen molar-refractivity contribution >= 4 is 34.6 Å². The highest BCUT2D eigenvalue weighted by Gasteiger charge is 2.02. The molecule has 0 fully saturated rings. The number of halogens is 2. The molecule has 0 heterocycles. The number of hydrogen-bond acceptors (Lipinski definition) is 2. The van der Waals surface area contributed by atoms with E-state index in [0.717, 1.165) is 5.69 Å². The Labute approximate surface area is 109 Å². The lowest BCUT2D eigenvalue weighted by molar-refractivity contribution is 1.47. The normalized spacial score (nSPS) is 9.71. The number of nitriles is 1. The lowest BCUT2D eigenvalue weighted by Crippen LogP contribution is -1.91. The van der Waals surface area contributed by atoms with Gasteiger partial charge in [-0.2, -0.15) is 5.26 Å². The molecule has 0 aliphatic carbocycles. The van der Waals surface area contributed by atoms with Crippen LogP contribution in [-0.4, -0.2) is 0 Å². The molecule has 0 spiro atoms. The van der Waals surface area contributed by atoms with Crippen LogP contribution in [0, 0.1) is 11.3 Å². The van der Waals surface area contributed by atoms with Crippen molar-refractivity contribution in [3.63, 3.8) is 0 Å². The van der Waals surface area contributed by atoms with Gasteiger partial charge in [0.1, 0.15) is 0 Å². The average molecular weight is 263 g/mol. The van der Waals surface area contributed by atoms with Crippen molar-refractivity contribution in [1.29, 1.82) is 5.26 Å². The largest absolute Gasteiger partial charge is 0.354 e. The molecular weight excluding hydrogens is 255 g/mol. The lowest BCUT2D eigenvalue weighted by atomic mass is 10.2. The van der Waals surface area contributed by atoms with Gasteiger partial charge in [-0.05, 0) is 36.4 Å². The zero-order valence-corrected chi connectivity index (χ0v) is 10.3. The van der Waals surface area contributed by atoms with Crippen LogP contribution in [0.2, 0.25) is 10.0 Å². The summed E-state index contributed by atoms with van der Waals surface area (Å²) in [5.74, 6) is 0. The number of anilines is 2. The predicted molar refractivity (Wildman–Crippen MR) is 70.9 cm³/mol. The maximum absolute atomic E-state index is 8.80. The highest BCUT2D eigenvalue weighted by molar-refractivity contribution is 6.35. The highest BCUT2D eigenvalue weighted by atomic mass is 35.5. The van der Waals surface area contributed by atoms with Crippen LogP contribution in [0.5, 0.6) is 0 Å². The summed E-state index contributed by atoms with van der Waals surface area (Å²) in [7, 11) is 0. The second kappa shape index (κ2) is 5.09. The molecule has 0 saturated heterocycles. The predicted octanol–water partition coefficient (Wildman–Crippen LogP) is 4.61. The van der Waals surface area contributed by atoms with Crippen LogP contribution in [0.4, 0.5) is 11.4 Å². The van der Waals surface area contributed by atoms with Gasteiger partial charge in [0.15, 0.2) is 0 Å². The van der Waals surface area contributed by atoms with E-state index >= 15 is 0 Å². The van der Waals surface area contributed by atoms with Crippen molar-refractivity contribution in [1.82, 2.24) is 0 Å². The number of nitrogens with zero attached hydrogens (tertiary/aromatic N) is 1. The standard InChI is InChI=1S/C13H8Cl2N2/c14-10-4-5-12(15)13(7-10)17-11-3-1-2-9(6-11)8-16/h1-7,17H. The maximum atomic E-state index is 8.80. The van der Waals surface area contributed by atoms with E-state index in [-0.39, 0.29) is 0 Å². The van der Waals surface area contributed by atoms with Crippen LogP contribution in [0.25, 0.3) is 0 Å². The molecule has 0 saturated carbocycles. The van der Waals surface area contributed by atoms with Crippen LogP contribution in [-0.2, 0) is 0 Å². The zero-order valence-electron chi connectivity index (χ0n) is 8.74. The third-order valence-corrected chi connectivity index (χ3v) is 2.76. The first-order valence-corrected chi connectivity index (χ1v) is 5.67. The maximum Gasteiger partial charge on any atom is 0.0992 e. The second-order valence-electron chi connectivity index (χ2n) is 3.44. The van der Waals surface area contributed by atoms with Gasteiger partial charge >= 0.3 is 0 Å². The Hall–Kier alpha value is -1.69. The number of hydrogen-bond donors (Lipinski definition) is 1. The van der Waals surface area contributed by atoms with E-state index in [9.17, 15) is 0 Å². The summed E-state index contributed by atoms with van der Waals surface area (Å²) in [6.45, 7) is 0. The Bertz CT molecular complexity index is 588. The Morgan fingerprint density at radius 2 is 1.88 bits per heavy atom. The van der Waals surface area contributed by atoms with Gasteiger partial charge in [-0.25, -0.2) is 0 Å². The molecule has 0 aromatic heterocycles. The molecule has 1 N–H and O–H groups in total. The van der Waals surface area contributed by atoms with Gasteiger partial charge in [-0.3, -0.25) is 0 Å². The molecule has 0 aliphatic rings. The second-order valence-corrected chi connectivity index (χ2v) is 4.29. The van der Waals surface area contributed by atoms with Crippen LogP contribution in [0.1, 0.15) is 5.56 Å². The van der Waals surface area contributed by atoms with E-state index < -0.39 is 0 Å². The van der Waals surface area contributed by atoms with E-state index in [0.29, 0.717) is 21.3 Å². The molecule has 4 heteroatoms. The molecular formula is C13H8Cl2N2. The molecule has 2 nitrogen and oxygen atoms in total. The van der Waals surface area contributed by atoms with E-state index in [4.69, 9.17) is 28.5 Å². The summed E-state index contributed by atoms with van der Waals surface area (Å²) < 4.78 is 0. The molecule has 0 aliphatic heterocycles. The summed E-state index contributed by atoms with van der Waals surface area (Å²) in [6, 6.07) is 14.4. The van der Waals surface area contributed by atoms with Crippen molar-refractivity contribution in [3.05, 3.63) is 58.1 Å². The van der Waals surface area contributed by atoms with Crippen molar-refractivity contribution in [2.45, 2.75) is 0 Å². The SMILES string of the molecule is N#Cc1cccc(Nc2cc(Cl)ccc2Cl)c1. The van der Waals surface area contributed by atoms with Gasteiger partial charge < -0.3 is 5.32 Å². The van der Waals surface area contributed by atoms with Crippen LogP contribution in [0.15, 0.2) is 42.5 Å². The van der Waals surface area contributed by atoms with Crippen LogP contribution < -0.4 is 5.32 Å². The Kier molecular flexibility index (Phi) is 3.53. The average Bonchev–Trinajstić information content (AvgIpc) is 2.34. The van der Waals surface area contributed by atoms with Crippen molar-refractivity contribution < 1.29 is 0 Å². The number of benzene rings is 2. The molecule has 0 atom stereocenters. The third kappa shape index (κ3) is 2.91. The minimum absolute atomic E-state index is 0.580. The topological polar surface area (TPSA) is 35.8 Å². The summed E-state index contributed by atoms with van der Waals surface area (Å²) in [6.07, 6.45) is 0. The smallest absolute Gasteiger partial charge is 0.0992 e. The quantitative estimate of drug-likeness (QED) is 0.858. The summed E-state index contributed by atoms with van der Waals surface area (Å²) in [5, 5.41) is 13.1. The first-order valence-electron chi connectivity index (χ1n) is 4.91. The monoisotopic (exact) mass is 262 g/mol.